The lowest BCUT2D eigenvalue weighted by Crippen LogP contribution is -2.68. The second-order valence-electron chi connectivity index (χ2n) is 5.60. The molecular formula is C15H19ClN2O2. The third-order valence-electron chi connectivity index (χ3n) is 3.69. The first-order valence-electron chi connectivity index (χ1n) is 6.70. The number of benzene rings is 1. The molecule has 2 amide bonds. The molecule has 0 spiro atoms. The van der Waals surface area contributed by atoms with Gasteiger partial charge in [-0.2, -0.15) is 0 Å². The van der Waals surface area contributed by atoms with Gasteiger partial charge in [0.1, 0.15) is 11.6 Å². The van der Waals surface area contributed by atoms with Crippen molar-refractivity contribution >= 4 is 29.1 Å². The Morgan fingerprint density at radius 3 is 2.60 bits per heavy atom. The molecule has 0 saturated carbocycles. The fourth-order valence-corrected chi connectivity index (χ4v) is 2.68. The molecule has 1 atom stereocenters. The lowest BCUT2D eigenvalue weighted by Gasteiger charge is -2.43. The van der Waals surface area contributed by atoms with E-state index in [0.29, 0.717) is 17.1 Å². The van der Waals surface area contributed by atoms with Gasteiger partial charge in [0.05, 0.1) is 0 Å². The van der Waals surface area contributed by atoms with E-state index in [-0.39, 0.29) is 11.8 Å². The monoisotopic (exact) mass is 294 g/mol. The van der Waals surface area contributed by atoms with E-state index < -0.39 is 11.6 Å². The quantitative estimate of drug-likeness (QED) is 0.911. The summed E-state index contributed by atoms with van der Waals surface area (Å²) in [4.78, 5) is 26.5. The van der Waals surface area contributed by atoms with Crippen LogP contribution in [-0.2, 0) is 9.59 Å². The topological polar surface area (TPSA) is 49.4 Å². The lowest BCUT2D eigenvalue weighted by molar-refractivity contribution is -0.137. The lowest BCUT2D eigenvalue weighted by atomic mass is 9.94. The van der Waals surface area contributed by atoms with Crippen molar-refractivity contribution in [1.82, 2.24) is 5.32 Å². The third kappa shape index (κ3) is 2.29. The largest absolute Gasteiger partial charge is 0.340 e. The van der Waals surface area contributed by atoms with Crippen molar-refractivity contribution in [3.63, 3.8) is 0 Å². The van der Waals surface area contributed by atoms with Crippen molar-refractivity contribution in [2.45, 2.75) is 45.7 Å². The minimum atomic E-state index is -0.905. The smallest absolute Gasteiger partial charge is 0.252 e. The number of hydrogen-bond acceptors (Lipinski definition) is 2. The molecule has 2 rings (SSSR count). The number of anilines is 1. The standard InChI is InChI=1S/C15H19ClN2O2/c1-5-11-13(19)17-15(3,4)14(20)18(11)12-8-6-7-10(16)9(12)2/h6-8,11H,5H2,1-4H3,(H,17,19). The summed E-state index contributed by atoms with van der Waals surface area (Å²) in [7, 11) is 0. The highest BCUT2D eigenvalue weighted by atomic mass is 35.5. The van der Waals surface area contributed by atoms with E-state index in [9.17, 15) is 9.59 Å². The Morgan fingerprint density at radius 1 is 1.35 bits per heavy atom. The van der Waals surface area contributed by atoms with Crippen LogP contribution in [0.15, 0.2) is 18.2 Å². The van der Waals surface area contributed by atoms with Crippen LogP contribution in [0, 0.1) is 6.92 Å². The molecule has 1 unspecified atom stereocenters. The van der Waals surface area contributed by atoms with Crippen LogP contribution >= 0.6 is 11.6 Å². The highest BCUT2D eigenvalue weighted by molar-refractivity contribution is 6.32. The number of piperazine rings is 1. The SMILES string of the molecule is CCC1C(=O)NC(C)(C)C(=O)N1c1cccc(Cl)c1C. The van der Waals surface area contributed by atoms with Gasteiger partial charge in [0, 0.05) is 10.7 Å². The average molecular weight is 295 g/mol. The van der Waals surface area contributed by atoms with Crippen LogP contribution in [0.3, 0.4) is 0 Å². The molecule has 0 aromatic heterocycles. The predicted octanol–water partition coefficient (Wildman–Crippen LogP) is 2.67. The molecule has 1 heterocycles. The summed E-state index contributed by atoms with van der Waals surface area (Å²) in [5, 5.41) is 3.37. The molecule has 1 N–H and O–H groups in total. The Labute approximate surface area is 124 Å². The normalized spacial score (nSPS) is 21.9. The zero-order valence-electron chi connectivity index (χ0n) is 12.2. The highest BCUT2D eigenvalue weighted by Gasteiger charge is 2.45. The second-order valence-corrected chi connectivity index (χ2v) is 6.00. The molecule has 1 aromatic rings. The van der Waals surface area contributed by atoms with Crippen LogP contribution in [0.2, 0.25) is 5.02 Å². The number of nitrogens with zero attached hydrogens (tertiary/aromatic N) is 1. The van der Waals surface area contributed by atoms with Crippen LogP contribution in [0.1, 0.15) is 32.8 Å². The number of rotatable bonds is 2. The highest BCUT2D eigenvalue weighted by Crippen LogP contribution is 2.32. The summed E-state index contributed by atoms with van der Waals surface area (Å²) in [5.74, 6) is -0.245. The minimum absolute atomic E-state index is 0.116. The molecule has 1 aliphatic rings. The Kier molecular flexibility index (Phi) is 3.78. The molecule has 108 valence electrons. The van der Waals surface area contributed by atoms with E-state index in [0.717, 1.165) is 5.56 Å². The average Bonchev–Trinajstić information content (AvgIpc) is 2.37. The number of carbonyl (C=O) groups excluding carboxylic acids is 2. The van der Waals surface area contributed by atoms with E-state index in [1.54, 1.807) is 30.9 Å². The molecule has 0 bridgehead atoms. The second kappa shape index (κ2) is 5.09. The van der Waals surface area contributed by atoms with Crippen molar-refractivity contribution in [3.05, 3.63) is 28.8 Å². The summed E-state index contributed by atoms with van der Waals surface area (Å²) in [6.07, 6.45) is 0.555. The summed E-state index contributed by atoms with van der Waals surface area (Å²) >= 11 is 6.14. The maximum atomic E-state index is 12.7. The molecule has 1 aliphatic heterocycles. The summed E-state index contributed by atoms with van der Waals surface area (Å²) in [6.45, 7) is 7.18. The molecule has 1 fully saturated rings. The van der Waals surface area contributed by atoms with Gasteiger partial charge in [0.2, 0.25) is 5.91 Å². The van der Waals surface area contributed by atoms with Gasteiger partial charge in [-0.1, -0.05) is 24.6 Å². The van der Waals surface area contributed by atoms with Gasteiger partial charge < -0.3 is 5.32 Å². The number of hydrogen-bond donors (Lipinski definition) is 1. The fraction of sp³-hybridized carbons (Fsp3) is 0.467. The van der Waals surface area contributed by atoms with Gasteiger partial charge in [0.15, 0.2) is 0 Å². The maximum absolute atomic E-state index is 12.7. The van der Waals surface area contributed by atoms with E-state index in [1.807, 2.05) is 19.9 Å². The zero-order valence-corrected chi connectivity index (χ0v) is 12.9. The van der Waals surface area contributed by atoms with E-state index in [1.165, 1.54) is 0 Å². The molecule has 5 heteroatoms. The number of carbonyl (C=O) groups is 2. The summed E-state index contributed by atoms with van der Waals surface area (Å²) < 4.78 is 0. The van der Waals surface area contributed by atoms with Gasteiger partial charge >= 0.3 is 0 Å². The van der Waals surface area contributed by atoms with Gasteiger partial charge in [-0.15, -0.1) is 0 Å². The van der Waals surface area contributed by atoms with Gasteiger partial charge in [-0.25, -0.2) is 0 Å². The fourth-order valence-electron chi connectivity index (χ4n) is 2.51. The maximum Gasteiger partial charge on any atom is 0.252 e. The van der Waals surface area contributed by atoms with Crippen molar-refractivity contribution < 1.29 is 9.59 Å². The van der Waals surface area contributed by atoms with Crippen molar-refractivity contribution in [3.8, 4) is 0 Å². The Morgan fingerprint density at radius 2 is 2.00 bits per heavy atom. The molecule has 0 aliphatic carbocycles. The van der Waals surface area contributed by atoms with E-state index >= 15 is 0 Å². The summed E-state index contributed by atoms with van der Waals surface area (Å²) in [6, 6.07) is 4.91. The van der Waals surface area contributed by atoms with E-state index in [4.69, 9.17) is 11.6 Å². The van der Waals surface area contributed by atoms with Gasteiger partial charge in [-0.05, 0) is 44.9 Å². The van der Waals surface area contributed by atoms with Crippen LogP contribution in [-0.4, -0.2) is 23.4 Å². The molecule has 1 saturated heterocycles. The Bertz CT molecular complexity index is 569. The Hall–Kier alpha value is -1.55. The number of amides is 2. The van der Waals surface area contributed by atoms with E-state index in [2.05, 4.69) is 5.32 Å². The molecular weight excluding hydrogens is 276 g/mol. The zero-order chi connectivity index (χ0) is 15.1. The van der Waals surface area contributed by atoms with Gasteiger partial charge in [0.25, 0.3) is 5.91 Å². The summed E-state index contributed by atoms with van der Waals surface area (Å²) in [5.41, 5.74) is 0.612. The minimum Gasteiger partial charge on any atom is -0.340 e. The van der Waals surface area contributed by atoms with Gasteiger partial charge in [-0.3, -0.25) is 14.5 Å². The molecule has 20 heavy (non-hydrogen) atoms. The van der Waals surface area contributed by atoms with Crippen LogP contribution in [0.25, 0.3) is 0 Å². The van der Waals surface area contributed by atoms with Crippen molar-refractivity contribution in [2.24, 2.45) is 0 Å². The van der Waals surface area contributed by atoms with Crippen molar-refractivity contribution in [2.75, 3.05) is 4.90 Å². The first kappa shape index (κ1) is 14.9. The first-order valence-corrected chi connectivity index (χ1v) is 7.08. The molecule has 1 aromatic carbocycles. The predicted molar refractivity (Wildman–Crippen MR) is 80.0 cm³/mol. The van der Waals surface area contributed by atoms with Crippen molar-refractivity contribution in [1.29, 1.82) is 0 Å². The number of nitrogens with one attached hydrogen (secondary N) is 1. The van der Waals surface area contributed by atoms with Crippen LogP contribution < -0.4 is 10.2 Å². The Balaban J connectivity index is 2.57. The van der Waals surface area contributed by atoms with Crippen LogP contribution in [0.4, 0.5) is 5.69 Å². The molecule has 0 radical (unpaired) electrons. The molecule has 4 nitrogen and oxygen atoms in total. The third-order valence-corrected chi connectivity index (χ3v) is 4.10. The van der Waals surface area contributed by atoms with Crippen LogP contribution in [0.5, 0.6) is 0 Å². The first-order chi connectivity index (χ1) is 9.29. The number of halogens is 1.